The van der Waals surface area contributed by atoms with Crippen molar-refractivity contribution in [3.8, 4) is 5.75 Å². The van der Waals surface area contributed by atoms with Gasteiger partial charge >= 0.3 is 0 Å². The van der Waals surface area contributed by atoms with Gasteiger partial charge in [0.2, 0.25) is 0 Å². The molecule has 5 rings (SSSR count). The Morgan fingerprint density at radius 1 is 1.00 bits per heavy atom. The third-order valence-corrected chi connectivity index (χ3v) is 7.30. The van der Waals surface area contributed by atoms with E-state index in [1.807, 2.05) is 41.6 Å². The van der Waals surface area contributed by atoms with E-state index in [9.17, 15) is 4.79 Å². The van der Waals surface area contributed by atoms with E-state index in [0.717, 1.165) is 71.6 Å². The maximum atomic E-state index is 13.5. The molecule has 184 valence electrons. The lowest BCUT2D eigenvalue weighted by atomic mass is 9.91. The average Bonchev–Trinajstić information content (AvgIpc) is 3.15. The number of hydrogen-bond donors (Lipinski definition) is 0. The van der Waals surface area contributed by atoms with Crippen LogP contribution in [0.15, 0.2) is 60.9 Å². The molecule has 2 aromatic carbocycles. The molecule has 0 radical (unpaired) electrons. The summed E-state index contributed by atoms with van der Waals surface area (Å²) in [7, 11) is 0. The number of fused-ring (bicyclic) bond motifs is 1. The summed E-state index contributed by atoms with van der Waals surface area (Å²) in [6.07, 6.45) is 8.05. The Balaban J connectivity index is 1.19. The van der Waals surface area contributed by atoms with E-state index in [0.29, 0.717) is 23.8 Å². The van der Waals surface area contributed by atoms with Crippen molar-refractivity contribution in [2.75, 3.05) is 52.5 Å². The molecule has 2 saturated heterocycles. The maximum absolute atomic E-state index is 13.5. The standard InChI is InChI=1S/C29H35N3O3/c33-29(26-8-1-2-9-28(26)35-20-17-31-15-18-34-19-16-31)32-13-4-5-23(11-14-32)21-25-7-3-6-24-10-12-30-22-27(24)25/h1-3,6-10,12,22-23H,4-5,11,13-21H2/t23-/m1/s1. The largest absolute Gasteiger partial charge is 0.491 e. The maximum Gasteiger partial charge on any atom is 0.257 e. The van der Waals surface area contributed by atoms with Crippen molar-refractivity contribution in [2.45, 2.75) is 25.7 Å². The van der Waals surface area contributed by atoms with Crippen molar-refractivity contribution in [2.24, 2.45) is 5.92 Å². The van der Waals surface area contributed by atoms with Gasteiger partial charge < -0.3 is 14.4 Å². The van der Waals surface area contributed by atoms with Crippen LogP contribution in [0.2, 0.25) is 0 Å². The number of nitrogens with zero attached hydrogens (tertiary/aromatic N) is 3. The highest BCUT2D eigenvalue weighted by Crippen LogP contribution is 2.28. The van der Waals surface area contributed by atoms with Gasteiger partial charge in [-0.1, -0.05) is 30.3 Å². The molecule has 3 heterocycles. The highest BCUT2D eigenvalue weighted by molar-refractivity contribution is 5.97. The number of amides is 1. The van der Waals surface area contributed by atoms with Crippen molar-refractivity contribution in [3.05, 3.63) is 72.1 Å². The normalized spacial score (nSPS) is 19.4. The molecule has 35 heavy (non-hydrogen) atoms. The van der Waals surface area contributed by atoms with Crippen molar-refractivity contribution >= 4 is 16.7 Å². The molecule has 0 spiro atoms. The van der Waals surface area contributed by atoms with Crippen LogP contribution in [0.3, 0.4) is 0 Å². The van der Waals surface area contributed by atoms with Crippen LogP contribution < -0.4 is 4.74 Å². The molecular formula is C29H35N3O3. The second kappa shape index (κ2) is 11.6. The van der Waals surface area contributed by atoms with Gasteiger partial charge in [-0.2, -0.15) is 0 Å². The summed E-state index contributed by atoms with van der Waals surface area (Å²) in [6.45, 7) is 6.45. The Morgan fingerprint density at radius 2 is 1.89 bits per heavy atom. The summed E-state index contributed by atoms with van der Waals surface area (Å²) >= 11 is 0. The Hall–Kier alpha value is -2.96. The molecule has 1 aromatic heterocycles. The van der Waals surface area contributed by atoms with Gasteiger partial charge in [-0.25, -0.2) is 0 Å². The minimum Gasteiger partial charge on any atom is -0.491 e. The van der Waals surface area contributed by atoms with E-state index in [1.165, 1.54) is 16.3 Å². The number of pyridine rings is 1. The Labute approximate surface area is 207 Å². The quantitative estimate of drug-likeness (QED) is 0.508. The first-order chi connectivity index (χ1) is 17.3. The van der Waals surface area contributed by atoms with Crippen LogP contribution in [0, 0.1) is 5.92 Å². The number of rotatable bonds is 7. The summed E-state index contributed by atoms with van der Waals surface area (Å²) in [4.78, 5) is 22.2. The number of morpholine rings is 1. The van der Waals surface area contributed by atoms with Crippen molar-refractivity contribution in [1.82, 2.24) is 14.8 Å². The number of benzene rings is 2. The third kappa shape index (κ3) is 6.00. The number of para-hydroxylation sites is 1. The highest BCUT2D eigenvalue weighted by Gasteiger charge is 2.24. The molecule has 1 amide bonds. The van der Waals surface area contributed by atoms with Gasteiger partial charge in [0, 0.05) is 50.5 Å². The fourth-order valence-electron chi connectivity index (χ4n) is 5.29. The van der Waals surface area contributed by atoms with Crippen LogP contribution in [-0.2, 0) is 11.2 Å². The molecule has 3 aromatic rings. The second-order valence-electron chi connectivity index (χ2n) is 9.61. The molecule has 6 heteroatoms. The lowest BCUT2D eigenvalue weighted by molar-refractivity contribution is 0.0321. The monoisotopic (exact) mass is 473 g/mol. The van der Waals surface area contributed by atoms with Gasteiger partial charge in [-0.05, 0) is 60.7 Å². The Morgan fingerprint density at radius 3 is 2.80 bits per heavy atom. The summed E-state index contributed by atoms with van der Waals surface area (Å²) in [5.41, 5.74) is 2.03. The summed E-state index contributed by atoms with van der Waals surface area (Å²) in [5, 5.41) is 2.49. The second-order valence-corrected chi connectivity index (χ2v) is 9.61. The molecular weight excluding hydrogens is 438 g/mol. The van der Waals surface area contributed by atoms with Gasteiger partial charge in [0.15, 0.2) is 0 Å². The van der Waals surface area contributed by atoms with Gasteiger partial charge in [-0.3, -0.25) is 14.7 Å². The number of aromatic nitrogens is 1. The zero-order valence-corrected chi connectivity index (χ0v) is 20.4. The minimum atomic E-state index is 0.0852. The third-order valence-electron chi connectivity index (χ3n) is 7.30. The summed E-state index contributed by atoms with van der Waals surface area (Å²) in [6, 6.07) is 16.3. The lowest BCUT2D eigenvalue weighted by Gasteiger charge is -2.26. The van der Waals surface area contributed by atoms with Crippen LogP contribution in [0.5, 0.6) is 5.75 Å². The van der Waals surface area contributed by atoms with Gasteiger partial charge in [0.05, 0.1) is 18.8 Å². The van der Waals surface area contributed by atoms with Crippen molar-refractivity contribution in [1.29, 1.82) is 0 Å². The first-order valence-electron chi connectivity index (χ1n) is 12.9. The highest BCUT2D eigenvalue weighted by atomic mass is 16.5. The summed E-state index contributed by atoms with van der Waals surface area (Å²) in [5.74, 6) is 1.34. The Kier molecular flexibility index (Phi) is 7.91. The fourth-order valence-corrected chi connectivity index (χ4v) is 5.29. The molecule has 2 fully saturated rings. The van der Waals surface area contributed by atoms with Crippen LogP contribution in [0.4, 0.5) is 0 Å². The van der Waals surface area contributed by atoms with Crippen molar-refractivity contribution < 1.29 is 14.3 Å². The first-order valence-corrected chi connectivity index (χ1v) is 12.9. The predicted molar refractivity (Wildman–Crippen MR) is 138 cm³/mol. The zero-order chi connectivity index (χ0) is 23.9. The number of carbonyl (C=O) groups is 1. The van der Waals surface area contributed by atoms with Crippen LogP contribution in [0.1, 0.15) is 35.2 Å². The lowest BCUT2D eigenvalue weighted by Crippen LogP contribution is -2.38. The molecule has 6 nitrogen and oxygen atoms in total. The van der Waals surface area contributed by atoms with E-state index in [1.54, 1.807) is 0 Å². The van der Waals surface area contributed by atoms with Gasteiger partial charge in [0.25, 0.3) is 5.91 Å². The molecule has 0 bridgehead atoms. The molecule has 1 atom stereocenters. The fraction of sp³-hybridized carbons (Fsp3) is 0.448. The minimum absolute atomic E-state index is 0.0852. The van der Waals surface area contributed by atoms with Crippen LogP contribution >= 0.6 is 0 Å². The number of carbonyl (C=O) groups excluding carboxylic acids is 1. The number of likely N-dealkylation sites (tertiary alicyclic amines) is 1. The first kappa shape index (κ1) is 23.8. The SMILES string of the molecule is O=C(c1ccccc1OCCN1CCOCC1)N1CCC[C@@H](Cc2cccc3ccncc23)CC1. The predicted octanol–water partition coefficient (Wildman–Crippen LogP) is 4.43. The molecule has 0 aliphatic carbocycles. The van der Waals surface area contributed by atoms with E-state index in [4.69, 9.17) is 9.47 Å². The van der Waals surface area contributed by atoms with E-state index in [2.05, 4.69) is 34.1 Å². The van der Waals surface area contributed by atoms with Gasteiger partial charge in [0.1, 0.15) is 12.4 Å². The van der Waals surface area contributed by atoms with E-state index in [-0.39, 0.29) is 5.91 Å². The van der Waals surface area contributed by atoms with Crippen LogP contribution in [-0.4, -0.2) is 73.2 Å². The zero-order valence-electron chi connectivity index (χ0n) is 20.4. The Bertz CT molecular complexity index is 1120. The molecule has 0 N–H and O–H groups in total. The molecule has 0 unspecified atom stereocenters. The average molecular weight is 474 g/mol. The molecule has 2 aliphatic rings. The van der Waals surface area contributed by atoms with Crippen LogP contribution in [0.25, 0.3) is 10.8 Å². The topological polar surface area (TPSA) is 54.9 Å². The number of ether oxygens (including phenoxy) is 2. The smallest absolute Gasteiger partial charge is 0.257 e. The van der Waals surface area contributed by atoms with E-state index < -0.39 is 0 Å². The molecule has 2 aliphatic heterocycles. The van der Waals surface area contributed by atoms with Gasteiger partial charge in [-0.15, -0.1) is 0 Å². The summed E-state index contributed by atoms with van der Waals surface area (Å²) < 4.78 is 11.5. The van der Waals surface area contributed by atoms with E-state index >= 15 is 0 Å². The number of hydrogen-bond acceptors (Lipinski definition) is 5. The molecule has 0 saturated carbocycles. The van der Waals surface area contributed by atoms with Crippen molar-refractivity contribution in [3.63, 3.8) is 0 Å².